The van der Waals surface area contributed by atoms with Crippen molar-refractivity contribution in [2.24, 2.45) is 11.8 Å². The molecular formula is C19H31N3O6S. The van der Waals surface area contributed by atoms with Crippen LogP contribution in [0.2, 0.25) is 0 Å². The van der Waals surface area contributed by atoms with Crippen molar-refractivity contribution in [2.75, 3.05) is 26.9 Å². The monoisotopic (exact) mass is 429 g/mol. The predicted octanol–water partition coefficient (Wildman–Crippen LogP) is 1.32. The number of rotatable bonds is 10. The molecule has 1 saturated heterocycles. The van der Waals surface area contributed by atoms with E-state index in [1.807, 2.05) is 13.8 Å². The molecule has 9 nitrogen and oxygen atoms in total. The van der Waals surface area contributed by atoms with Crippen molar-refractivity contribution < 1.29 is 27.4 Å². The lowest BCUT2D eigenvalue weighted by Gasteiger charge is -2.22. The summed E-state index contributed by atoms with van der Waals surface area (Å²) in [6.07, 6.45) is 0. The summed E-state index contributed by atoms with van der Waals surface area (Å²) in [5, 5.41) is -1.13. The number of carbonyl (C=O) groups excluding carboxylic acids is 1. The summed E-state index contributed by atoms with van der Waals surface area (Å²) in [6.45, 7) is 8.42. The van der Waals surface area contributed by atoms with Crippen LogP contribution in [0.15, 0.2) is 18.2 Å². The number of hydrazine groups is 1. The summed E-state index contributed by atoms with van der Waals surface area (Å²) in [5.74, 6) is 0.107. The summed E-state index contributed by atoms with van der Waals surface area (Å²) < 4.78 is 44.4. The van der Waals surface area contributed by atoms with Gasteiger partial charge in [0.05, 0.1) is 20.3 Å². The number of esters is 1. The molecule has 0 aliphatic carbocycles. The molecule has 1 fully saturated rings. The van der Waals surface area contributed by atoms with E-state index in [0.29, 0.717) is 29.6 Å². The van der Waals surface area contributed by atoms with Gasteiger partial charge in [-0.1, -0.05) is 19.9 Å². The van der Waals surface area contributed by atoms with Gasteiger partial charge in [-0.15, -0.1) is 0 Å². The summed E-state index contributed by atoms with van der Waals surface area (Å²) in [5.41, 5.74) is 6.09. The number of carbonyl (C=O) groups is 1. The van der Waals surface area contributed by atoms with E-state index >= 15 is 0 Å². The topological polar surface area (TPSA) is 115 Å². The third-order valence-corrected chi connectivity index (χ3v) is 6.25. The van der Waals surface area contributed by atoms with Gasteiger partial charge in [0.1, 0.15) is 5.92 Å². The van der Waals surface area contributed by atoms with Crippen LogP contribution in [0.4, 0.5) is 0 Å². The third kappa shape index (κ3) is 6.05. The molecule has 1 heterocycles. The van der Waals surface area contributed by atoms with Gasteiger partial charge >= 0.3 is 5.97 Å². The minimum Gasteiger partial charge on any atom is -0.493 e. The van der Waals surface area contributed by atoms with Gasteiger partial charge in [0, 0.05) is 12.6 Å². The lowest BCUT2D eigenvalue weighted by atomic mass is 10.1. The van der Waals surface area contributed by atoms with E-state index in [1.165, 1.54) is 7.11 Å². The van der Waals surface area contributed by atoms with Gasteiger partial charge in [-0.25, -0.2) is 18.6 Å². The quantitative estimate of drug-likeness (QED) is 0.477. The number of hydrogen-bond acceptors (Lipinski definition) is 8. The molecular weight excluding hydrogens is 398 g/mol. The molecule has 3 atom stereocenters. The van der Waals surface area contributed by atoms with Gasteiger partial charge in [-0.05, 0) is 37.5 Å². The molecule has 1 aromatic rings. The largest absolute Gasteiger partial charge is 0.493 e. The second kappa shape index (κ2) is 10.2. The Kier molecular flexibility index (Phi) is 8.26. The lowest BCUT2D eigenvalue weighted by Crippen LogP contribution is -2.47. The first-order chi connectivity index (χ1) is 13.7. The van der Waals surface area contributed by atoms with Crippen LogP contribution < -0.4 is 25.0 Å². The fraction of sp³-hybridized carbons (Fsp3) is 0.632. The normalized spacial score (nSPS) is 20.5. The number of ether oxygens (including phenoxy) is 3. The summed E-state index contributed by atoms with van der Waals surface area (Å²) in [7, 11) is -2.33. The highest BCUT2D eigenvalue weighted by Crippen LogP contribution is 2.31. The average Bonchev–Trinajstić information content (AvgIpc) is 3.17. The van der Waals surface area contributed by atoms with E-state index in [9.17, 15) is 13.2 Å². The molecule has 0 spiro atoms. The molecule has 0 amide bonds. The standard InChI is InChI=1S/C19H31N3O6S/c1-6-27-19(23)15-10-20-21-18(15)29(24,25)22-13(4)14-7-8-16(17(9-14)26-5)28-11-12(2)3/h7-9,12-13,15,18,20-22H,6,10-11H2,1-5H3. The maximum Gasteiger partial charge on any atom is 0.313 e. The van der Waals surface area contributed by atoms with Crippen molar-refractivity contribution in [3.8, 4) is 11.5 Å². The van der Waals surface area contributed by atoms with Crippen LogP contribution in [-0.2, 0) is 19.6 Å². The SMILES string of the molecule is CCOC(=O)C1CNNC1S(=O)(=O)NC(C)c1ccc(OCC(C)C)c(OC)c1. The Morgan fingerprint density at radius 2 is 2.00 bits per heavy atom. The zero-order chi connectivity index (χ0) is 21.6. The molecule has 1 aromatic carbocycles. The molecule has 164 valence electrons. The number of methoxy groups -OCH3 is 1. The fourth-order valence-corrected chi connectivity index (χ4v) is 4.60. The van der Waals surface area contributed by atoms with Gasteiger partial charge in [0.15, 0.2) is 16.9 Å². The van der Waals surface area contributed by atoms with Crippen molar-refractivity contribution in [1.82, 2.24) is 15.6 Å². The Morgan fingerprint density at radius 3 is 2.62 bits per heavy atom. The zero-order valence-corrected chi connectivity index (χ0v) is 18.3. The van der Waals surface area contributed by atoms with Crippen LogP contribution in [0.3, 0.4) is 0 Å². The van der Waals surface area contributed by atoms with E-state index in [-0.39, 0.29) is 13.2 Å². The molecule has 10 heteroatoms. The Balaban J connectivity index is 2.13. The highest BCUT2D eigenvalue weighted by molar-refractivity contribution is 7.90. The predicted molar refractivity (Wildman–Crippen MR) is 109 cm³/mol. The zero-order valence-electron chi connectivity index (χ0n) is 17.5. The molecule has 3 unspecified atom stereocenters. The van der Waals surface area contributed by atoms with E-state index < -0.39 is 33.3 Å². The van der Waals surface area contributed by atoms with Crippen molar-refractivity contribution in [3.05, 3.63) is 23.8 Å². The van der Waals surface area contributed by atoms with Crippen molar-refractivity contribution in [2.45, 2.75) is 39.1 Å². The van der Waals surface area contributed by atoms with E-state index in [2.05, 4.69) is 15.6 Å². The number of hydrogen-bond donors (Lipinski definition) is 3. The summed E-state index contributed by atoms with van der Waals surface area (Å²) >= 11 is 0. The summed E-state index contributed by atoms with van der Waals surface area (Å²) in [6, 6.07) is 4.75. The maximum absolute atomic E-state index is 12.9. The number of sulfonamides is 1. The number of benzene rings is 1. The van der Waals surface area contributed by atoms with Gasteiger partial charge in [0.2, 0.25) is 10.0 Å². The van der Waals surface area contributed by atoms with Crippen LogP contribution in [0.1, 0.15) is 39.3 Å². The smallest absolute Gasteiger partial charge is 0.313 e. The second-order valence-electron chi connectivity index (χ2n) is 7.30. The summed E-state index contributed by atoms with van der Waals surface area (Å²) in [4.78, 5) is 12.1. The fourth-order valence-electron chi connectivity index (χ4n) is 2.94. The van der Waals surface area contributed by atoms with Gasteiger partial charge in [-0.3, -0.25) is 10.2 Å². The lowest BCUT2D eigenvalue weighted by molar-refractivity contribution is -0.147. The minimum absolute atomic E-state index is 0.175. The maximum atomic E-state index is 12.9. The van der Waals surface area contributed by atoms with Crippen LogP contribution in [-0.4, -0.2) is 46.6 Å². The highest BCUT2D eigenvalue weighted by atomic mass is 32.2. The molecule has 2 rings (SSSR count). The van der Waals surface area contributed by atoms with Gasteiger partial charge in [-0.2, -0.15) is 0 Å². The molecule has 3 N–H and O–H groups in total. The molecule has 0 radical (unpaired) electrons. The first-order valence-corrected chi connectivity index (χ1v) is 11.2. The van der Waals surface area contributed by atoms with Crippen LogP contribution in [0, 0.1) is 11.8 Å². The van der Waals surface area contributed by atoms with Crippen molar-refractivity contribution >= 4 is 16.0 Å². The number of nitrogens with one attached hydrogen (secondary N) is 3. The van der Waals surface area contributed by atoms with Crippen LogP contribution in [0.5, 0.6) is 11.5 Å². The van der Waals surface area contributed by atoms with Crippen molar-refractivity contribution in [3.63, 3.8) is 0 Å². The Bertz CT molecular complexity index is 799. The average molecular weight is 430 g/mol. The van der Waals surface area contributed by atoms with Gasteiger partial charge < -0.3 is 14.2 Å². The minimum atomic E-state index is -3.87. The highest BCUT2D eigenvalue weighted by Gasteiger charge is 2.43. The molecule has 0 aromatic heterocycles. The second-order valence-corrected chi connectivity index (χ2v) is 9.14. The molecule has 1 aliphatic rings. The Morgan fingerprint density at radius 1 is 1.28 bits per heavy atom. The van der Waals surface area contributed by atoms with Gasteiger partial charge in [0.25, 0.3) is 0 Å². The molecule has 1 aliphatic heterocycles. The van der Waals surface area contributed by atoms with E-state index in [0.717, 1.165) is 0 Å². The molecule has 29 heavy (non-hydrogen) atoms. The van der Waals surface area contributed by atoms with E-state index in [1.54, 1.807) is 32.0 Å². The molecule has 0 saturated carbocycles. The first-order valence-electron chi connectivity index (χ1n) is 9.66. The first kappa shape index (κ1) is 23.4. The Hall–Kier alpha value is -1.88. The Labute approximate surface area is 172 Å². The van der Waals surface area contributed by atoms with E-state index in [4.69, 9.17) is 14.2 Å². The van der Waals surface area contributed by atoms with Crippen molar-refractivity contribution in [1.29, 1.82) is 0 Å². The van der Waals surface area contributed by atoms with Crippen LogP contribution >= 0.6 is 0 Å². The molecule has 0 bridgehead atoms. The third-order valence-electron chi connectivity index (χ3n) is 4.46. The van der Waals surface area contributed by atoms with Crippen LogP contribution in [0.25, 0.3) is 0 Å².